The minimum Gasteiger partial charge on any atom is -0.480 e. The van der Waals surface area contributed by atoms with Gasteiger partial charge in [0.1, 0.15) is 18.9 Å². The molecule has 2 aromatic rings. The van der Waals surface area contributed by atoms with E-state index in [0.717, 1.165) is 32.4 Å². The Morgan fingerprint density at radius 1 is 1.42 bits per heavy atom. The molecule has 0 spiro atoms. The maximum atomic E-state index is 11.1. The number of carbonyl (C=O) groups is 1. The highest BCUT2D eigenvalue weighted by molar-refractivity contribution is 5.66. The Bertz CT molecular complexity index is 675. The van der Waals surface area contributed by atoms with E-state index in [9.17, 15) is 4.79 Å². The predicted molar refractivity (Wildman–Crippen MR) is 83.2 cm³/mol. The first-order chi connectivity index (χ1) is 11.5. The molecule has 1 aliphatic rings. The largest absolute Gasteiger partial charge is 0.480 e. The average Bonchev–Trinajstić information content (AvgIpc) is 3.18. The molecule has 1 N–H and O–H groups in total. The smallest absolute Gasteiger partial charge is 0.325 e. The molecule has 1 atom stereocenters. The first-order valence-corrected chi connectivity index (χ1v) is 8.09. The minimum absolute atomic E-state index is 0.220. The molecule has 0 amide bonds. The normalized spacial score (nSPS) is 17.9. The molecule has 0 aromatic carbocycles. The van der Waals surface area contributed by atoms with E-state index < -0.39 is 5.97 Å². The van der Waals surface area contributed by atoms with Gasteiger partial charge in [0.15, 0.2) is 11.6 Å². The quantitative estimate of drug-likeness (QED) is 0.775. The van der Waals surface area contributed by atoms with Crippen molar-refractivity contribution in [3.63, 3.8) is 0 Å². The Hall–Kier alpha value is -2.36. The molecule has 0 bridgehead atoms. The minimum atomic E-state index is -0.948. The second-order valence-corrected chi connectivity index (χ2v) is 6.35. The van der Waals surface area contributed by atoms with Crippen LogP contribution in [0.4, 0.5) is 0 Å². The molecular weight excluding hydrogens is 312 g/mol. The van der Waals surface area contributed by atoms with E-state index in [0.29, 0.717) is 17.6 Å². The molecule has 130 valence electrons. The van der Waals surface area contributed by atoms with Crippen molar-refractivity contribution in [3.05, 3.63) is 18.0 Å². The Morgan fingerprint density at radius 2 is 2.17 bits per heavy atom. The number of aliphatic carboxylic acids is 1. The summed E-state index contributed by atoms with van der Waals surface area (Å²) in [5.74, 6) is 0.849. The second kappa shape index (κ2) is 7.04. The molecule has 10 nitrogen and oxygen atoms in total. The zero-order valence-corrected chi connectivity index (χ0v) is 13.9. The van der Waals surface area contributed by atoms with Crippen molar-refractivity contribution in [2.45, 2.75) is 38.8 Å². The van der Waals surface area contributed by atoms with Gasteiger partial charge < -0.3 is 10.0 Å². The lowest BCUT2D eigenvalue weighted by molar-refractivity contribution is -0.137. The standard InChI is InChI=1S/C14H22N8O2/c1-10(22-9-15-18-19-22)14-16-12(17-21(14)8-13(23)24)7-11-3-5-20(2)6-4-11/h9-11H,3-8H2,1-2H3,(H,23,24)/t10-/m0/s1. The number of hydrogen-bond donors (Lipinski definition) is 1. The van der Waals surface area contributed by atoms with E-state index in [1.807, 2.05) is 6.92 Å². The fourth-order valence-corrected chi connectivity index (χ4v) is 3.03. The van der Waals surface area contributed by atoms with Crippen LogP contribution in [0.3, 0.4) is 0 Å². The fourth-order valence-electron chi connectivity index (χ4n) is 3.03. The predicted octanol–water partition coefficient (Wildman–Crippen LogP) is -0.157. The summed E-state index contributed by atoms with van der Waals surface area (Å²) in [5.41, 5.74) is 0. The number of hydrogen-bond acceptors (Lipinski definition) is 7. The van der Waals surface area contributed by atoms with Gasteiger partial charge in [0.2, 0.25) is 0 Å². The molecule has 1 aliphatic heterocycles. The number of piperidine rings is 1. The van der Waals surface area contributed by atoms with Crippen LogP contribution in [-0.4, -0.2) is 71.1 Å². The first kappa shape index (κ1) is 16.5. The zero-order chi connectivity index (χ0) is 17.1. The molecule has 0 unspecified atom stereocenters. The van der Waals surface area contributed by atoms with E-state index in [4.69, 9.17) is 5.11 Å². The van der Waals surface area contributed by atoms with Gasteiger partial charge in [-0.2, -0.15) is 5.10 Å². The summed E-state index contributed by atoms with van der Waals surface area (Å²) in [6, 6.07) is -0.280. The maximum absolute atomic E-state index is 11.1. The van der Waals surface area contributed by atoms with Crippen LogP contribution in [0.1, 0.15) is 37.5 Å². The molecule has 1 fully saturated rings. The fraction of sp³-hybridized carbons (Fsp3) is 0.714. The Balaban J connectivity index is 1.79. The number of aromatic nitrogens is 7. The summed E-state index contributed by atoms with van der Waals surface area (Å²) in [6.45, 7) is 3.81. The first-order valence-electron chi connectivity index (χ1n) is 8.09. The number of likely N-dealkylation sites (tertiary alicyclic amines) is 1. The van der Waals surface area contributed by atoms with Crippen LogP contribution in [0.25, 0.3) is 0 Å². The number of carboxylic acids is 1. The molecule has 1 saturated heterocycles. The van der Waals surface area contributed by atoms with Gasteiger partial charge in [-0.25, -0.2) is 14.3 Å². The van der Waals surface area contributed by atoms with Crippen LogP contribution in [-0.2, 0) is 17.8 Å². The Labute approximate surface area is 139 Å². The summed E-state index contributed by atoms with van der Waals surface area (Å²) < 4.78 is 2.99. The van der Waals surface area contributed by atoms with Gasteiger partial charge in [-0.05, 0) is 56.2 Å². The van der Waals surface area contributed by atoms with Crippen molar-refractivity contribution in [1.82, 2.24) is 39.9 Å². The highest BCUT2D eigenvalue weighted by Gasteiger charge is 2.23. The van der Waals surface area contributed by atoms with Crippen molar-refractivity contribution in [1.29, 1.82) is 0 Å². The number of tetrazole rings is 1. The van der Waals surface area contributed by atoms with Gasteiger partial charge >= 0.3 is 5.97 Å². The van der Waals surface area contributed by atoms with Gasteiger partial charge in [0, 0.05) is 6.42 Å². The highest BCUT2D eigenvalue weighted by atomic mass is 16.4. The molecule has 0 aliphatic carbocycles. The Morgan fingerprint density at radius 3 is 2.79 bits per heavy atom. The van der Waals surface area contributed by atoms with E-state index in [-0.39, 0.29) is 12.6 Å². The third kappa shape index (κ3) is 3.75. The van der Waals surface area contributed by atoms with E-state index >= 15 is 0 Å². The van der Waals surface area contributed by atoms with E-state index in [1.54, 1.807) is 4.68 Å². The third-order valence-corrected chi connectivity index (χ3v) is 4.47. The molecule has 24 heavy (non-hydrogen) atoms. The van der Waals surface area contributed by atoms with E-state index in [1.165, 1.54) is 11.0 Å². The van der Waals surface area contributed by atoms with Gasteiger partial charge in [-0.1, -0.05) is 0 Å². The van der Waals surface area contributed by atoms with Crippen LogP contribution in [0.2, 0.25) is 0 Å². The van der Waals surface area contributed by atoms with Gasteiger partial charge in [-0.3, -0.25) is 4.79 Å². The summed E-state index contributed by atoms with van der Waals surface area (Å²) in [6.07, 6.45) is 4.49. The van der Waals surface area contributed by atoms with Gasteiger partial charge in [0.05, 0.1) is 0 Å². The van der Waals surface area contributed by atoms with Crippen molar-refractivity contribution in [3.8, 4) is 0 Å². The van der Waals surface area contributed by atoms with Crippen molar-refractivity contribution in [2.75, 3.05) is 20.1 Å². The lowest BCUT2D eigenvalue weighted by atomic mass is 9.94. The van der Waals surface area contributed by atoms with Crippen LogP contribution in [0, 0.1) is 5.92 Å². The highest BCUT2D eigenvalue weighted by Crippen LogP contribution is 2.21. The van der Waals surface area contributed by atoms with Crippen LogP contribution >= 0.6 is 0 Å². The summed E-state index contributed by atoms with van der Waals surface area (Å²) in [5, 5.41) is 24.7. The lowest BCUT2D eigenvalue weighted by Crippen LogP contribution is -2.31. The van der Waals surface area contributed by atoms with Gasteiger partial charge in [-0.15, -0.1) is 5.10 Å². The number of rotatable bonds is 6. The Kier molecular flexibility index (Phi) is 4.84. The molecule has 0 saturated carbocycles. The second-order valence-electron chi connectivity index (χ2n) is 6.35. The van der Waals surface area contributed by atoms with Crippen molar-refractivity contribution >= 4 is 5.97 Å². The molecular formula is C14H22N8O2. The van der Waals surface area contributed by atoms with Crippen LogP contribution in [0.5, 0.6) is 0 Å². The average molecular weight is 334 g/mol. The molecule has 0 radical (unpaired) electrons. The molecule has 2 aromatic heterocycles. The topological polar surface area (TPSA) is 115 Å². The van der Waals surface area contributed by atoms with Gasteiger partial charge in [0.25, 0.3) is 0 Å². The molecule has 3 rings (SSSR count). The van der Waals surface area contributed by atoms with Crippen molar-refractivity contribution in [2.24, 2.45) is 5.92 Å². The zero-order valence-electron chi connectivity index (χ0n) is 13.9. The third-order valence-electron chi connectivity index (χ3n) is 4.47. The van der Waals surface area contributed by atoms with Crippen molar-refractivity contribution < 1.29 is 9.90 Å². The molecule has 10 heteroatoms. The lowest BCUT2D eigenvalue weighted by Gasteiger charge is -2.28. The monoisotopic (exact) mass is 334 g/mol. The molecule has 3 heterocycles. The maximum Gasteiger partial charge on any atom is 0.325 e. The summed E-state index contributed by atoms with van der Waals surface area (Å²) >= 11 is 0. The van der Waals surface area contributed by atoms with E-state index in [2.05, 4.69) is 37.6 Å². The van der Waals surface area contributed by atoms with Crippen LogP contribution < -0.4 is 0 Å². The number of carboxylic acid groups (broad SMARTS) is 1. The summed E-state index contributed by atoms with van der Waals surface area (Å²) in [4.78, 5) is 18.0. The van der Waals surface area contributed by atoms with Crippen LogP contribution in [0.15, 0.2) is 6.33 Å². The summed E-state index contributed by atoms with van der Waals surface area (Å²) in [7, 11) is 2.13. The SMILES string of the molecule is C[C@@H](c1nc(CC2CCN(C)CC2)nn1CC(=O)O)n1cnnn1. The number of nitrogens with zero attached hydrogens (tertiary/aromatic N) is 8.